The molecule has 2 unspecified atom stereocenters. The number of benzene rings is 4. The predicted octanol–water partition coefficient (Wildman–Crippen LogP) is 15.9. The second kappa shape index (κ2) is 33.2. The molecule has 16 nitrogen and oxygen atoms in total. The van der Waals surface area contributed by atoms with E-state index < -0.39 is 0 Å². The van der Waals surface area contributed by atoms with E-state index in [4.69, 9.17) is 28.4 Å². The van der Waals surface area contributed by atoms with Crippen LogP contribution < -0.4 is 9.47 Å². The number of aromatic hydroxyl groups is 2. The van der Waals surface area contributed by atoms with Gasteiger partial charge in [-0.2, -0.15) is 0 Å². The van der Waals surface area contributed by atoms with Gasteiger partial charge in [0.15, 0.2) is 0 Å². The highest BCUT2D eigenvalue weighted by atomic mass is 33.1. The Morgan fingerprint density at radius 2 is 0.798 bits per heavy atom. The first kappa shape index (κ1) is 72.9. The number of ether oxygens (including phenoxy) is 6. The molecule has 6 aromatic rings. The Labute approximate surface area is 574 Å². The Bertz CT molecular complexity index is 3170. The van der Waals surface area contributed by atoms with Crippen LogP contribution in [0.4, 0.5) is 0 Å². The summed E-state index contributed by atoms with van der Waals surface area (Å²) in [5, 5.41) is 44.2. The van der Waals surface area contributed by atoms with E-state index in [9.17, 15) is 19.8 Å². The Hall–Kier alpha value is -5.38. The van der Waals surface area contributed by atoms with Gasteiger partial charge in [0.25, 0.3) is 0 Å². The van der Waals surface area contributed by atoms with Gasteiger partial charge in [-0.1, -0.05) is 198 Å². The van der Waals surface area contributed by atoms with Crippen molar-refractivity contribution >= 4 is 55.1 Å². The standard InChI is InChI=1S/C74H102N6O10S4/c1-71(2,3)57-37-49-33-53-41-59(73(7,8)9)43-55(69(53)87-29-27-85-25-23-79-45-61(75-77-79)47-89-65(81)19-15-13-17-63-21-31-91-93-63)35-51-39-58(72(4,5)6)40-52(68(51)84)36-56-44-60(74(10,11)12)42-54(34-50(38-57)67(49)83)70(56)88-30-28-86-26-24-80-46-62(76-78-80)48-90-66(82)20-16-14-18-64-22-32-92-94-64/h37-46,63-64,83-84H,13-36,47-48H2,1-12H3. The fourth-order valence-corrected chi connectivity index (χ4v) is 17.9. The third-order valence-corrected chi connectivity index (χ3v) is 23.6. The molecule has 2 N–H and O–H groups in total. The normalized spacial score (nSPS) is 16.2. The van der Waals surface area contributed by atoms with Crippen LogP contribution in [0, 0.1) is 0 Å². The zero-order chi connectivity index (χ0) is 67.2. The number of aromatic nitrogens is 6. The number of phenolic OH excluding ortho intramolecular Hbond substituents is 2. The second-order valence-corrected chi connectivity index (χ2v) is 35.2. The van der Waals surface area contributed by atoms with Gasteiger partial charge >= 0.3 is 11.9 Å². The van der Waals surface area contributed by atoms with Crippen molar-refractivity contribution in [3.8, 4) is 23.0 Å². The van der Waals surface area contributed by atoms with Gasteiger partial charge in [0.05, 0.1) is 51.9 Å². The van der Waals surface area contributed by atoms with Gasteiger partial charge < -0.3 is 38.6 Å². The minimum atomic E-state index is -0.270. The minimum absolute atomic E-state index is 0.0819. The molecule has 0 spiro atoms. The van der Waals surface area contributed by atoms with E-state index in [0.717, 1.165) is 105 Å². The molecule has 2 fully saturated rings. The zero-order valence-corrected chi connectivity index (χ0v) is 61.1. The third kappa shape index (κ3) is 21.3. The summed E-state index contributed by atoms with van der Waals surface area (Å²) in [6, 6.07) is 17.5. The van der Waals surface area contributed by atoms with Gasteiger partial charge in [0.2, 0.25) is 0 Å². The number of rotatable bonds is 28. The van der Waals surface area contributed by atoms with Crippen LogP contribution in [0.25, 0.3) is 0 Å². The molecule has 9 rings (SSSR count). The highest BCUT2D eigenvalue weighted by molar-refractivity contribution is 8.77. The number of phenols is 2. The van der Waals surface area contributed by atoms with Crippen LogP contribution in [0.5, 0.6) is 23.0 Å². The Morgan fingerprint density at radius 1 is 0.468 bits per heavy atom. The lowest BCUT2D eigenvalue weighted by molar-refractivity contribution is -0.146. The summed E-state index contributed by atoms with van der Waals surface area (Å²) in [7, 11) is 7.84. The molecule has 0 radical (unpaired) electrons. The van der Waals surface area contributed by atoms with E-state index in [1.807, 2.05) is 43.2 Å². The Balaban J connectivity index is 0.940. The van der Waals surface area contributed by atoms with Crippen molar-refractivity contribution in [3.63, 3.8) is 0 Å². The number of fused-ring (bicyclic) bond motifs is 8. The van der Waals surface area contributed by atoms with Crippen molar-refractivity contribution < 1.29 is 48.2 Å². The second-order valence-electron chi connectivity index (χ2n) is 29.6. The fourth-order valence-electron chi connectivity index (χ4n) is 11.8. The van der Waals surface area contributed by atoms with Crippen molar-refractivity contribution in [2.24, 2.45) is 0 Å². The first-order valence-electron chi connectivity index (χ1n) is 33.8. The zero-order valence-electron chi connectivity index (χ0n) is 57.8. The highest BCUT2D eigenvalue weighted by Gasteiger charge is 2.30. The molecule has 20 heteroatoms. The average molecular weight is 1360 g/mol. The Morgan fingerprint density at radius 3 is 1.11 bits per heavy atom. The van der Waals surface area contributed by atoms with Crippen LogP contribution in [0.15, 0.2) is 60.9 Å². The molecule has 4 heterocycles. The molecule has 2 aromatic heterocycles. The average Bonchev–Trinajstić information content (AvgIpc) is 0.875. The molecule has 2 atom stereocenters. The van der Waals surface area contributed by atoms with Gasteiger partial charge in [-0.25, -0.2) is 9.36 Å². The maximum Gasteiger partial charge on any atom is 0.306 e. The maximum absolute atomic E-state index is 12.9. The first-order valence-corrected chi connectivity index (χ1v) is 38.6. The van der Waals surface area contributed by atoms with Crippen LogP contribution in [-0.2, 0) is 102 Å². The van der Waals surface area contributed by atoms with E-state index in [0.29, 0.717) is 98.2 Å². The van der Waals surface area contributed by atoms with Gasteiger partial charge in [0, 0.05) is 60.5 Å². The van der Waals surface area contributed by atoms with Crippen molar-refractivity contribution in [1.29, 1.82) is 0 Å². The van der Waals surface area contributed by atoms with Crippen molar-refractivity contribution in [2.45, 2.75) is 231 Å². The fraction of sp³-hybridized carbons (Fsp3) is 0.595. The molecule has 3 aliphatic rings. The van der Waals surface area contributed by atoms with E-state index in [-0.39, 0.29) is 84.7 Å². The minimum Gasteiger partial charge on any atom is -0.507 e. The van der Waals surface area contributed by atoms with Crippen molar-refractivity contribution in [3.05, 3.63) is 139 Å². The van der Waals surface area contributed by atoms with Crippen LogP contribution in [-0.4, -0.2) is 114 Å². The summed E-state index contributed by atoms with van der Waals surface area (Å²) in [5.41, 5.74) is 11.3. The van der Waals surface area contributed by atoms with E-state index in [2.05, 4.69) is 152 Å². The number of carbonyl (C=O) groups excluding carboxylic acids is 2. The van der Waals surface area contributed by atoms with Crippen LogP contribution >= 0.6 is 43.2 Å². The molecule has 2 saturated heterocycles. The monoisotopic (exact) mass is 1360 g/mol. The number of carbonyl (C=O) groups is 2. The summed E-state index contributed by atoms with van der Waals surface area (Å²) in [4.78, 5) is 25.0. The van der Waals surface area contributed by atoms with Gasteiger partial charge in [0.1, 0.15) is 60.8 Å². The Kier molecular flexibility index (Phi) is 25.8. The molecule has 1 aliphatic carbocycles. The summed E-state index contributed by atoms with van der Waals surface area (Å²) in [5.74, 6) is 3.86. The molecule has 0 amide bonds. The lowest BCUT2D eigenvalue weighted by atomic mass is 9.79. The molecule has 2 aliphatic heterocycles. The first-order chi connectivity index (χ1) is 44.7. The van der Waals surface area contributed by atoms with Gasteiger partial charge in [-0.15, -0.1) is 10.2 Å². The molecule has 94 heavy (non-hydrogen) atoms. The molecule has 0 saturated carbocycles. The lowest BCUT2D eigenvalue weighted by Gasteiger charge is -2.28. The maximum atomic E-state index is 12.9. The van der Waals surface area contributed by atoms with Crippen LogP contribution in [0.3, 0.4) is 0 Å². The lowest BCUT2D eigenvalue weighted by Crippen LogP contribution is -2.18. The summed E-state index contributed by atoms with van der Waals surface area (Å²) < 4.78 is 40.8. The summed E-state index contributed by atoms with van der Waals surface area (Å²) in [6.07, 6.45) is 14.4. The van der Waals surface area contributed by atoms with Gasteiger partial charge in [-0.3, -0.25) is 9.59 Å². The third-order valence-electron chi connectivity index (χ3n) is 17.6. The highest BCUT2D eigenvalue weighted by Crippen LogP contribution is 2.45. The number of nitrogens with zero attached hydrogens (tertiary/aromatic N) is 6. The summed E-state index contributed by atoms with van der Waals surface area (Å²) >= 11 is 0. The number of hydrogen-bond donors (Lipinski definition) is 2. The molecule has 8 bridgehead atoms. The van der Waals surface area contributed by atoms with E-state index >= 15 is 0 Å². The molecule has 512 valence electrons. The largest absolute Gasteiger partial charge is 0.507 e. The number of unbranched alkanes of at least 4 members (excludes halogenated alkanes) is 2. The molecular formula is C74H102N6O10S4. The van der Waals surface area contributed by atoms with Crippen LogP contribution in [0.2, 0.25) is 0 Å². The van der Waals surface area contributed by atoms with Crippen molar-refractivity contribution in [2.75, 3.05) is 51.1 Å². The van der Waals surface area contributed by atoms with E-state index in [1.54, 1.807) is 21.8 Å². The predicted molar refractivity (Wildman–Crippen MR) is 381 cm³/mol. The molecule has 4 aromatic carbocycles. The van der Waals surface area contributed by atoms with Crippen molar-refractivity contribution in [1.82, 2.24) is 30.0 Å². The quantitative estimate of drug-likeness (QED) is 0.0267. The smallest absolute Gasteiger partial charge is 0.306 e. The molecular weight excluding hydrogens is 1260 g/mol. The number of hydrogen-bond acceptors (Lipinski definition) is 18. The SMILES string of the molecule is CC(C)(C)c1cc2c(O)c(c1)Cc1cc(C(C)(C)C)cc(c1OCCOCCn1cc(COC(=O)CCCCC3CCSS3)nn1)Cc1cc(C(C)(C)C)cc(c1O)Cc1cc(C(C)(C)C)cc(c1OCCOCCn1cc(COC(=O)CCCCC3CCSS3)nn1)C2. The number of esters is 2. The summed E-state index contributed by atoms with van der Waals surface area (Å²) in [6.45, 7) is 29.4. The van der Waals surface area contributed by atoms with Gasteiger partial charge in [-0.05, 0) is 127 Å². The topological polar surface area (TPSA) is 191 Å². The van der Waals surface area contributed by atoms with E-state index in [1.165, 1.54) is 24.3 Å². The van der Waals surface area contributed by atoms with Crippen LogP contribution in [0.1, 0.15) is 225 Å².